The minimum absolute atomic E-state index is 0.160. The molecule has 1 heterocycles. The van der Waals surface area contributed by atoms with Crippen molar-refractivity contribution in [1.29, 1.82) is 0 Å². The van der Waals surface area contributed by atoms with E-state index >= 15 is 0 Å². The molecule has 2 aromatic carbocycles. The average molecular weight is 384 g/mol. The average Bonchev–Trinajstić information content (AvgIpc) is 3.07. The molecule has 0 aliphatic rings. The van der Waals surface area contributed by atoms with E-state index in [1.165, 1.54) is 11.8 Å². The van der Waals surface area contributed by atoms with Gasteiger partial charge in [-0.1, -0.05) is 42.1 Å². The second-order valence-corrected chi connectivity index (χ2v) is 6.58. The molecule has 0 aliphatic heterocycles. The highest BCUT2D eigenvalue weighted by atomic mass is 32.2. The van der Waals surface area contributed by atoms with Crippen LogP contribution in [-0.4, -0.2) is 40.6 Å². The maximum atomic E-state index is 12.3. The fourth-order valence-corrected chi connectivity index (χ4v) is 3.21. The van der Waals surface area contributed by atoms with Crippen molar-refractivity contribution in [3.8, 4) is 22.9 Å². The number of nitrogens with zero attached hydrogens (tertiary/aromatic N) is 3. The predicted octanol–water partition coefficient (Wildman–Crippen LogP) is 3.23. The quantitative estimate of drug-likeness (QED) is 0.630. The van der Waals surface area contributed by atoms with E-state index in [1.54, 1.807) is 32.4 Å². The third-order valence-electron chi connectivity index (χ3n) is 3.88. The van der Waals surface area contributed by atoms with Gasteiger partial charge >= 0.3 is 0 Å². The Morgan fingerprint density at radius 3 is 2.59 bits per heavy atom. The number of thioether (sulfide) groups is 1. The van der Waals surface area contributed by atoms with Crippen molar-refractivity contribution < 1.29 is 14.3 Å². The van der Waals surface area contributed by atoms with Gasteiger partial charge in [0.2, 0.25) is 5.91 Å². The molecule has 0 spiro atoms. The van der Waals surface area contributed by atoms with Gasteiger partial charge in [-0.3, -0.25) is 4.79 Å². The first-order valence-corrected chi connectivity index (χ1v) is 9.20. The number of nitrogens with one attached hydrogen (secondary N) is 1. The van der Waals surface area contributed by atoms with E-state index in [0.29, 0.717) is 22.3 Å². The highest BCUT2D eigenvalue weighted by Crippen LogP contribution is 2.29. The van der Waals surface area contributed by atoms with Crippen LogP contribution in [0.1, 0.15) is 0 Å². The van der Waals surface area contributed by atoms with Crippen molar-refractivity contribution in [2.24, 2.45) is 7.05 Å². The summed E-state index contributed by atoms with van der Waals surface area (Å²) in [4.78, 5) is 12.3. The molecule has 7 nitrogen and oxygen atoms in total. The Labute approximate surface area is 161 Å². The summed E-state index contributed by atoms with van der Waals surface area (Å²) in [6, 6.07) is 15.0. The number of ether oxygens (including phenoxy) is 2. The zero-order chi connectivity index (χ0) is 19.2. The van der Waals surface area contributed by atoms with Gasteiger partial charge < -0.3 is 19.4 Å². The Bertz CT molecular complexity index is 928. The predicted molar refractivity (Wildman–Crippen MR) is 105 cm³/mol. The number of benzene rings is 2. The highest BCUT2D eigenvalue weighted by molar-refractivity contribution is 7.99. The summed E-state index contributed by atoms with van der Waals surface area (Å²) in [5, 5.41) is 11.9. The van der Waals surface area contributed by atoms with Crippen LogP contribution in [0.5, 0.6) is 11.5 Å². The summed E-state index contributed by atoms with van der Waals surface area (Å²) < 4.78 is 12.3. The number of hydrogen-bond donors (Lipinski definition) is 1. The molecule has 0 radical (unpaired) electrons. The maximum absolute atomic E-state index is 12.3. The molecule has 3 aromatic rings. The zero-order valence-corrected chi connectivity index (χ0v) is 16.1. The van der Waals surface area contributed by atoms with Crippen molar-refractivity contribution in [3.05, 3.63) is 48.5 Å². The molecule has 1 amide bonds. The van der Waals surface area contributed by atoms with E-state index in [4.69, 9.17) is 9.47 Å². The smallest absolute Gasteiger partial charge is 0.234 e. The molecule has 1 N–H and O–H groups in total. The second kappa shape index (κ2) is 8.59. The first kappa shape index (κ1) is 18.8. The molecule has 3 rings (SSSR count). The van der Waals surface area contributed by atoms with Crippen LogP contribution < -0.4 is 14.8 Å². The van der Waals surface area contributed by atoms with Crippen LogP contribution in [0.25, 0.3) is 11.4 Å². The summed E-state index contributed by atoms with van der Waals surface area (Å²) in [6.45, 7) is 0. The molecule has 0 fully saturated rings. The monoisotopic (exact) mass is 384 g/mol. The fraction of sp³-hybridized carbons (Fsp3) is 0.211. The molecular formula is C19H20N4O3S. The Morgan fingerprint density at radius 2 is 1.89 bits per heavy atom. The van der Waals surface area contributed by atoms with Crippen LogP contribution in [0.2, 0.25) is 0 Å². The van der Waals surface area contributed by atoms with Crippen LogP contribution in [-0.2, 0) is 11.8 Å². The van der Waals surface area contributed by atoms with E-state index in [2.05, 4.69) is 15.5 Å². The lowest BCUT2D eigenvalue weighted by Crippen LogP contribution is -2.15. The third kappa shape index (κ3) is 4.40. The van der Waals surface area contributed by atoms with Gasteiger partial charge in [0.15, 0.2) is 11.0 Å². The molecule has 1 aromatic heterocycles. The number of hydrogen-bond acceptors (Lipinski definition) is 6. The van der Waals surface area contributed by atoms with Crippen molar-refractivity contribution >= 4 is 23.4 Å². The van der Waals surface area contributed by atoms with E-state index in [1.807, 2.05) is 41.9 Å². The Balaban J connectivity index is 1.64. The molecule has 0 saturated carbocycles. The van der Waals surface area contributed by atoms with Crippen LogP contribution in [0, 0.1) is 0 Å². The Hall–Kier alpha value is -3.00. The number of carbonyl (C=O) groups excluding carboxylic acids is 1. The summed E-state index contributed by atoms with van der Waals surface area (Å²) in [7, 11) is 5.01. The maximum Gasteiger partial charge on any atom is 0.234 e. The van der Waals surface area contributed by atoms with Crippen LogP contribution in [0.3, 0.4) is 0 Å². The Kier molecular flexibility index (Phi) is 5.97. The number of carbonyl (C=O) groups is 1. The molecule has 8 heteroatoms. The normalized spacial score (nSPS) is 10.5. The van der Waals surface area contributed by atoms with Crippen LogP contribution in [0.4, 0.5) is 5.69 Å². The number of methoxy groups -OCH3 is 2. The third-order valence-corrected chi connectivity index (χ3v) is 4.90. The molecule has 0 unspecified atom stereocenters. The largest absolute Gasteiger partial charge is 0.497 e. The second-order valence-electron chi connectivity index (χ2n) is 5.63. The number of amides is 1. The molecule has 0 saturated heterocycles. The summed E-state index contributed by atoms with van der Waals surface area (Å²) in [5.74, 6) is 2.00. The summed E-state index contributed by atoms with van der Waals surface area (Å²) in [5.41, 5.74) is 1.57. The van der Waals surface area contributed by atoms with Gasteiger partial charge in [-0.05, 0) is 12.1 Å². The Morgan fingerprint density at radius 1 is 1.11 bits per heavy atom. The first-order chi connectivity index (χ1) is 13.1. The van der Waals surface area contributed by atoms with Gasteiger partial charge in [0.1, 0.15) is 11.5 Å². The van der Waals surface area contributed by atoms with E-state index < -0.39 is 0 Å². The van der Waals surface area contributed by atoms with Gasteiger partial charge in [-0.2, -0.15) is 0 Å². The minimum atomic E-state index is -0.160. The first-order valence-electron chi connectivity index (χ1n) is 8.22. The van der Waals surface area contributed by atoms with Crippen molar-refractivity contribution in [3.63, 3.8) is 0 Å². The molecule has 140 valence electrons. The van der Waals surface area contributed by atoms with E-state index in [9.17, 15) is 4.79 Å². The molecule has 27 heavy (non-hydrogen) atoms. The van der Waals surface area contributed by atoms with Gasteiger partial charge in [0, 0.05) is 18.7 Å². The molecule has 0 atom stereocenters. The van der Waals surface area contributed by atoms with Crippen molar-refractivity contribution in [2.45, 2.75) is 5.16 Å². The number of rotatable bonds is 7. The SMILES string of the molecule is COc1ccc(NC(=O)CSc2nnc(-c3ccccc3)n2C)c(OC)c1. The van der Waals surface area contributed by atoms with Crippen molar-refractivity contribution in [2.75, 3.05) is 25.3 Å². The van der Waals surface area contributed by atoms with Gasteiger partial charge in [0.25, 0.3) is 0 Å². The highest BCUT2D eigenvalue weighted by Gasteiger charge is 2.14. The topological polar surface area (TPSA) is 78.3 Å². The molecule has 0 bridgehead atoms. The lowest BCUT2D eigenvalue weighted by molar-refractivity contribution is -0.113. The molecule has 0 aliphatic carbocycles. The van der Waals surface area contributed by atoms with Crippen LogP contribution in [0.15, 0.2) is 53.7 Å². The van der Waals surface area contributed by atoms with Gasteiger partial charge in [-0.25, -0.2) is 0 Å². The van der Waals surface area contributed by atoms with Crippen molar-refractivity contribution in [1.82, 2.24) is 14.8 Å². The lowest BCUT2D eigenvalue weighted by Gasteiger charge is -2.11. The molecular weight excluding hydrogens is 364 g/mol. The van der Waals surface area contributed by atoms with Gasteiger partial charge in [-0.15, -0.1) is 10.2 Å². The number of aromatic nitrogens is 3. The lowest BCUT2D eigenvalue weighted by atomic mass is 10.2. The van der Waals surface area contributed by atoms with E-state index in [0.717, 1.165) is 11.4 Å². The van der Waals surface area contributed by atoms with Crippen LogP contribution >= 0.6 is 11.8 Å². The number of anilines is 1. The minimum Gasteiger partial charge on any atom is -0.497 e. The zero-order valence-electron chi connectivity index (χ0n) is 15.3. The van der Waals surface area contributed by atoms with E-state index in [-0.39, 0.29) is 11.7 Å². The fourth-order valence-electron chi connectivity index (χ4n) is 2.50. The summed E-state index contributed by atoms with van der Waals surface area (Å²) >= 11 is 1.32. The van der Waals surface area contributed by atoms with Gasteiger partial charge in [0.05, 0.1) is 25.7 Å². The summed E-state index contributed by atoms with van der Waals surface area (Å²) in [6.07, 6.45) is 0. The standard InChI is InChI=1S/C19H20N4O3S/c1-23-18(13-7-5-4-6-8-13)21-22-19(23)27-12-17(24)20-15-10-9-14(25-2)11-16(15)26-3/h4-11H,12H2,1-3H3,(H,20,24).